The number of hydrogen-bond acceptors (Lipinski definition) is 4. The Labute approximate surface area is 169 Å². The van der Waals surface area contributed by atoms with E-state index >= 15 is 0 Å². The molecule has 2 N–H and O–H groups in total. The third kappa shape index (κ3) is 3.95. The summed E-state index contributed by atoms with van der Waals surface area (Å²) in [5, 5.41) is 2.92. The Kier molecular flexibility index (Phi) is 4.76. The molecule has 0 aromatic heterocycles. The summed E-state index contributed by atoms with van der Waals surface area (Å²) in [6, 6.07) is 20.0. The molecule has 0 atom stereocenters. The molecule has 3 aromatic rings. The van der Waals surface area contributed by atoms with Gasteiger partial charge in [-0.1, -0.05) is 42.5 Å². The van der Waals surface area contributed by atoms with Gasteiger partial charge in [0.15, 0.2) is 0 Å². The van der Waals surface area contributed by atoms with Gasteiger partial charge in [0.25, 0.3) is 0 Å². The second kappa shape index (κ2) is 7.25. The number of para-hydroxylation sites is 2. The Balaban J connectivity index is 1.69. The molecule has 1 aliphatic rings. The van der Waals surface area contributed by atoms with Gasteiger partial charge in [-0.3, -0.25) is 9.52 Å². The number of nitrogens with one attached hydrogen (secondary N) is 2. The first-order valence-electron chi connectivity index (χ1n) is 9.07. The largest absolute Gasteiger partial charge is 0.457 e. The highest BCUT2D eigenvalue weighted by molar-refractivity contribution is 7.92. The molecule has 0 bridgehead atoms. The number of rotatable bonds is 4. The molecule has 4 rings (SSSR count). The van der Waals surface area contributed by atoms with E-state index < -0.39 is 15.9 Å². The van der Waals surface area contributed by atoms with Crippen molar-refractivity contribution in [2.45, 2.75) is 12.8 Å². The highest BCUT2D eigenvalue weighted by Gasteiger charge is 2.32. The van der Waals surface area contributed by atoms with Crippen LogP contribution in [0.2, 0.25) is 0 Å². The molecule has 0 spiro atoms. The number of anilines is 2. The quantitative estimate of drug-likeness (QED) is 0.676. The van der Waals surface area contributed by atoms with Crippen LogP contribution < -0.4 is 14.8 Å². The van der Waals surface area contributed by atoms with Crippen LogP contribution in [0.3, 0.4) is 0 Å². The number of carbonyl (C=O) groups excluding carboxylic acids is 1. The van der Waals surface area contributed by atoms with Gasteiger partial charge in [-0.25, -0.2) is 8.42 Å². The average Bonchev–Trinajstić information content (AvgIpc) is 2.67. The van der Waals surface area contributed by atoms with Crippen molar-refractivity contribution in [1.29, 1.82) is 0 Å². The molecule has 1 aliphatic heterocycles. The van der Waals surface area contributed by atoms with Crippen LogP contribution in [-0.2, 0) is 14.8 Å². The molecule has 1 heterocycles. The molecule has 0 unspecified atom stereocenters. The van der Waals surface area contributed by atoms with E-state index in [9.17, 15) is 13.2 Å². The predicted molar refractivity (Wildman–Crippen MR) is 113 cm³/mol. The fourth-order valence-electron chi connectivity index (χ4n) is 3.42. The van der Waals surface area contributed by atoms with E-state index in [1.54, 1.807) is 25.1 Å². The number of hydrogen-bond donors (Lipinski definition) is 2. The van der Waals surface area contributed by atoms with Crippen molar-refractivity contribution in [1.82, 2.24) is 0 Å². The lowest BCUT2D eigenvalue weighted by atomic mass is 9.87. The number of benzene rings is 3. The molecular weight excluding hydrogens is 388 g/mol. The van der Waals surface area contributed by atoms with Gasteiger partial charge in [0.2, 0.25) is 15.9 Å². The predicted octanol–water partition coefficient (Wildman–Crippen LogP) is 4.24. The highest BCUT2D eigenvalue weighted by atomic mass is 32.2. The summed E-state index contributed by atoms with van der Waals surface area (Å²) in [5.41, 5.74) is 3.26. The van der Waals surface area contributed by atoms with Gasteiger partial charge >= 0.3 is 0 Å². The maximum atomic E-state index is 13.3. The zero-order chi connectivity index (χ0) is 20.6. The van der Waals surface area contributed by atoms with Crippen LogP contribution in [0, 0.1) is 6.92 Å². The maximum absolute atomic E-state index is 13.3. The molecule has 7 heteroatoms. The van der Waals surface area contributed by atoms with Gasteiger partial charge in [0.1, 0.15) is 11.5 Å². The van der Waals surface area contributed by atoms with Crippen LogP contribution >= 0.6 is 0 Å². The Morgan fingerprint density at radius 1 is 0.931 bits per heavy atom. The second-order valence-electron chi connectivity index (χ2n) is 7.00. The Hall–Kier alpha value is -3.32. The van der Waals surface area contributed by atoms with Crippen LogP contribution in [0.25, 0.3) is 0 Å². The van der Waals surface area contributed by atoms with Crippen molar-refractivity contribution < 1.29 is 17.9 Å². The number of carbonyl (C=O) groups is 1. The number of ether oxygens (including phenoxy) is 1. The summed E-state index contributed by atoms with van der Waals surface area (Å²) in [6.45, 7) is 1.80. The van der Waals surface area contributed by atoms with Crippen LogP contribution in [0.15, 0.2) is 66.7 Å². The van der Waals surface area contributed by atoms with Crippen molar-refractivity contribution in [3.8, 4) is 11.5 Å². The molecule has 0 saturated heterocycles. The summed E-state index contributed by atoms with van der Waals surface area (Å²) in [4.78, 5) is 13.3. The summed E-state index contributed by atoms with van der Waals surface area (Å²) >= 11 is 0. The first-order valence-corrected chi connectivity index (χ1v) is 11.0. The van der Waals surface area contributed by atoms with E-state index in [2.05, 4.69) is 10.0 Å². The minimum absolute atomic E-state index is 0.220. The standard InChI is InChI=1S/C22H20N2O4S/c1-14-11-12-15(13-18(14)24-29(2,26)27)23-22(25)21-16-7-3-5-9-19(16)28-20-10-6-4-8-17(20)21/h3-13,21,24H,1-2H3,(H,23,25). The van der Waals surface area contributed by atoms with Crippen LogP contribution in [0.1, 0.15) is 22.6 Å². The van der Waals surface area contributed by atoms with Gasteiger partial charge in [-0.15, -0.1) is 0 Å². The molecular formula is C22H20N2O4S. The minimum Gasteiger partial charge on any atom is -0.457 e. The Bertz CT molecular complexity index is 1160. The molecule has 3 aromatic carbocycles. The highest BCUT2D eigenvalue weighted by Crippen LogP contribution is 2.44. The van der Waals surface area contributed by atoms with E-state index in [4.69, 9.17) is 4.74 Å². The number of fused-ring (bicyclic) bond motifs is 2. The lowest BCUT2D eigenvalue weighted by Gasteiger charge is -2.27. The fourth-order valence-corrected chi connectivity index (χ4v) is 4.04. The van der Waals surface area contributed by atoms with Gasteiger partial charge < -0.3 is 10.1 Å². The summed E-state index contributed by atoms with van der Waals surface area (Å²) in [5.74, 6) is 0.538. The monoisotopic (exact) mass is 408 g/mol. The first kappa shape index (κ1) is 19.0. The molecule has 0 radical (unpaired) electrons. The zero-order valence-electron chi connectivity index (χ0n) is 16.0. The molecule has 0 fully saturated rings. The maximum Gasteiger partial charge on any atom is 0.236 e. The molecule has 0 aliphatic carbocycles. The Morgan fingerprint density at radius 3 is 2.10 bits per heavy atom. The van der Waals surface area contributed by atoms with Crippen molar-refractivity contribution in [3.63, 3.8) is 0 Å². The Morgan fingerprint density at radius 2 is 1.52 bits per heavy atom. The number of amides is 1. The van der Waals surface area contributed by atoms with E-state index in [-0.39, 0.29) is 5.91 Å². The van der Waals surface area contributed by atoms with Crippen LogP contribution in [0.5, 0.6) is 11.5 Å². The SMILES string of the molecule is Cc1ccc(NC(=O)C2c3ccccc3Oc3ccccc32)cc1NS(C)(=O)=O. The van der Waals surface area contributed by atoms with Gasteiger partial charge in [0, 0.05) is 16.8 Å². The number of aryl methyl sites for hydroxylation is 1. The van der Waals surface area contributed by atoms with Crippen LogP contribution in [-0.4, -0.2) is 20.6 Å². The lowest BCUT2D eigenvalue weighted by molar-refractivity contribution is -0.116. The normalized spacial score (nSPS) is 13.0. The average molecular weight is 408 g/mol. The van der Waals surface area contributed by atoms with Crippen molar-refractivity contribution in [2.24, 2.45) is 0 Å². The summed E-state index contributed by atoms with van der Waals surface area (Å²) in [6.07, 6.45) is 1.09. The van der Waals surface area contributed by atoms with E-state index in [0.29, 0.717) is 22.9 Å². The fraction of sp³-hybridized carbons (Fsp3) is 0.136. The number of sulfonamides is 1. The molecule has 1 amide bonds. The molecule has 29 heavy (non-hydrogen) atoms. The third-order valence-electron chi connectivity index (χ3n) is 4.74. The van der Waals surface area contributed by atoms with Gasteiger partial charge in [0.05, 0.1) is 17.9 Å². The third-order valence-corrected chi connectivity index (χ3v) is 5.33. The van der Waals surface area contributed by atoms with Crippen molar-refractivity contribution >= 4 is 27.3 Å². The molecule has 0 saturated carbocycles. The smallest absolute Gasteiger partial charge is 0.236 e. The van der Waals surface area contributed by atoms with Gasteiger partial charge in [-0.2, -0.15) is 0 Å². The minimum atomic E-state index is -3.42. The van der Waals surface area contributed by atoms with Crippen molar-refractivity contribution in [2.75, 3.05) is 16.3 Å². The van der Waals surface area contributed by atoms with Crippen LogP contribution in [0.4, 0.5) is 11.4 Å². The lowest BCUT2D eigenvalue weighted by Crippen LogP contribution is -2.25. The van der Waals surface area contributed by atoms with Crippen molar-refractivity contribution in [3.05, 3.63) is 83.4 Å². The van der Waals surface area contributed by atoms with E-state index in [1.165, 1.54) is 0 Å². The summed E-state index contributed by atoms with van der Waals surface area (Å²) in [7, 11) is -3.42. The second-order valence-corrected chi connectivity index (χ2v) is 8.75. The topological polar surface area (TPSA) is 84.5 Å². The molecule has 6 nitrogen and oxygen atoms in total. The first-order chi connectivity index (χ1) is 13.8. The van der Waals surface area contributed by atoms with Gasteiger partial charge in [-0.05, 0) is 36.8 Å². The zero-order valence-corrected chi connectivity index (χ0v) is 16.8. The van der Waals surface area contributed by atoms with E-state index in [1.807, 2.05) is 48.5 Å². The summed E-state index contributed by atoms with van der Waals surface area (Å²) < 4.78 is 31.6. The molecule has 148 valence electrons. The van der Waals surface area contributed by atoms with E-state index in [0.717, 1.165) is 22.9 Å².